The maximum Gasteiger partial charge on any atom is 0.298 e. The Bertz CT molecular complexity index is 1260. The summed E-state index contributed by atoms with van der Waals surface area (Å²) < 4.78 is 37.6. The number of aryl methyl sites for hydroxylation is 1. The first-order chi connectivity index (χ1) is 14.2. The van der Waals surface area contributed by atoms with Gasteiger partial charge in [-0.3, -0.25) is 4.55 Å². The highest BCUT2D eigenvalue weighted by molar-refractivity contribution is 7.97. The standard InChI is InChI=1S/C19H16N2O7S2/c1-3-29-28-27-13-5-7-16(22)15(10-13)20-21-18-14-6-4-11(2)8-12(14)9-17(19(18)23)30(24,25)26/h3-10,22-23H,1H2,2H3,(H,24,25,26). The third kappa shape index (κ3) is 4.71. The molecule has 3 aromatic rings. The smallest absolute Gasteiger partial charge is 0.298 e. The highest BCUT2D eigenvalue weighted by Crippen LogP contribution is 2.42. The van der Waals surface area contributed by atoms with Crippen LogP contribution in [-0.4, -0.2) is 23.2 Å². The van der Waals surface area contributed by atoms with Crippen LogP contribution in [0.25, 0.3) is 10.8 Å². The molecule has 0 atom stereocenters. The first-order valence-electron chi connectivity index (χ1n) is 8.30. The van der Waals surface area contributed by atoms with E-state index < -0.39 is 20.8 Å². The Kier molecular flexibility index (Phi) is 6.27. The average Bonchev–Trinajstić information content (AvgIpc) is 2.68. The molecule has 0 spiro atoms. The quantitative estimate of drug-likeness (QED) is 0.110. The van der Waals surface area contributed by atoms with Gasteiger partial charge in [-0.1, -0.05) is 30.3 Å². The number of rotatable bonds is 7. The molecular weight excluding hydrogens is 432 g/mol. The molecule has 3 aromatic carbocycles. The van der Waals surface area contributed by atoms with Crippen molar-refractivity contribution < 1.29 is 32.4 Å². The van der Waals surface area contributed by atoms with Gasteiger partial charge in [-0.25, -0.2) is 0 Å². The summed E-state index contributed by atoms with van der Waals surface area (Å²) in [5, 5.41) is 30.5. The summed E-state index contributed by atoms with van der Waals surface area (Å²) in [7, 11) is -4.72. The minimum Gasteiger partial charge on any atom is -0.506 e. The van der Waals surface area contributed by atoms with E-state index in [-0.39, 0.29) is 22.9 Å². The minimum absolute atomic E-state index is 0.0309. The Labute approximate surface area is 176 Å². The van der Waals surface area contributed by atoms with E-state index in [4.69, 9.17) is 9.22 Å². The molecule has 0 aliphatic heterocycles. The van der Waals surface area contributed by atoms with Gasteiger partial charge in [-0.2, -0.15) is 8.42 Å². The number of fused-ring (bicyclic) bond motifs is 1. The van der Waals surface area contributed by atoms with Crippen LogP contribution in [0.15, 0.2) is 69.6 Å². The van der Waals surface area contributed by atoms with Gasteiger partial charge in [0.25, 0.3) is 10.1 Å². The zero-order valence-electron chi connectivity index (χ0n) is 15.5. The van der Waals surface area contributed by atoms with E-state index in [2.05, 4.69) is 16.8 Å². The zero-order valence-corrected chi connectivity index (χ0v) is 17.1. The molecule has 3 rings (SSSR count). The minimum atomic E-state index is -4.72. The average molecular weight is 448 g/mol. The van der Waals surface area contributed by atoms with Crippen LogP contribution in [0.5, 0.6) is 17.2 Å². The SMILES string of the molecule is C=CSOOc1ccc(O)c(N=Nc2c(O)c(S(=O)(=O)O)cc3cc(C)ccc23)c1. The number of benzene rings is 3. The molecule has 0 unspecified atom stereocenters. The van der Waals surface area contributed by atoms with Crippen LogP contribution in [0.2, 0.25) is 0 Å². The fraction of sp³-hybridized carbons (Fsp3) is 0.0526. The van der Waals surface area contributed by atoms with Gasteiger partial charge in [0.05, 0.1) is 12.0 Å². The van der Waals surface area contributed by atoms with Crippen LogP contribution in [0.3, 0.4) is 0 Å². The lowest BCUT2D eigenvalue weighted by molar-refractivity contribution is -0.0765. The predicted octanol–water partition coefficient (Wildman–Crippen LogP) is 5.32. The molecule has 0 aliphatic rings. The molecule has 0 saturated carbocycles. The number of azo groups is 1. The van der Waals surface area contributed by atoms with Crippen molar-refractivity contribution in [3.05, 3.63) is 60.0 Å². The van der Waals surface area contributed by atoms with Gasteiger partial charge in [0.1, 0.15) is 22.0 Å². The van der Waals surface area contributed by atoms with Crippen LogP contribution in [0.1, 0.15) is 5.56 Å². The topological polar surface area (TPSA) is 138 Å². The maximum absolute atomic E-state index is 11.7. The lowest BCUT2D eigenvalue weighted by Crippen LogP contribution is -1.99. The van der Waals surface area contributed by atoms with E-state index in [1.165, 1.54) is 23.6 Å². The summed E-state index contributed by atoms with van der Waals surface area (Å²) in [6.07, 6.45) is 0. The monoisotopic (exact) mass is 448 g/mol. The Hall–Kier alpha value is -3.12. The molecule has 9 nitrogen and oxygen atoms in total. The third-order valence-corrected chi connectivity index (χ3v) is 5.08. The fourth-order valence-electron chi connectivity index (χ4n) is 2.59. The molecule has 0 aliphatic carbocycles. The van der Waals surface area contributed by atoms with Crippen LogP contribution in [-0.2, 0) is 14.5 Å². The summed E-state index contributed by atoms with van der Waals surface area (Å²) in [5.41, 5.74) is 0.609. The van der Waals surface area contributed by atoms with E-state index in [0.29, 0.717) is 10.8 Å². The summed E-state index contributed by atoms with van der Waals surface area (Å²) in [6.45, 7) is 5.25. The molecule has 3 N–H and O–H groups in total. The molecule has 0 amide bonds. The van der Waals surface area contributed by atoms with Gasteiger partial charge in [0, 0.05) is 11.5 Å². The van der Waals surface area contributed by atoms with Crippen molar-refractivity contribution in [1.82, 2.24) is 0 Å². The van der Waals surface area contributed by atoms with E-state index in [0.717, 1.165) is 23.7 Å². The fourth-order valence-corrected chi connectivity index (χ4v) is 3.38. The van der Waals surface area contributed by atoms with Gasteiger partial charge in [0.2, 0.25) is 0 Å². The second-order valence-electron chi connectivity index (χ2n) is 6.04. The lowest BCUT2D eigenvalue weighted by Gasteiger charge is -2.09. The van der Waals surface area contributed by atoms with Gasteiger partial charge < -0.3 is 15.1 Å². The molecule has 30 heavy (non-hydrogen) atoms. The summed E-state index contributed by atoms with van der Waals surface area (Å²) in [5.74, 6) is -0.809. The molecule has 0 bridgehead atoms. The molecule has 11 heteroatoms. The zero-order chi connectivity index (χ0) is 21.9. The summed E-state index contributed by atoms with van der Waals surface area (Å²) in [6, 6.07) is 10.2. The first kappa shape index (κ1) is 21.6. The number of phenolic OH excluding ortho intramolecular Hbond substituents is 2. The second-order valence-corrected chi connectivity index (χ2v) is 8.09. The molecule has 0 aromatic heterocycles. The number of aromatic hydroxyl groups is 2. The maximum atomic E-state index is 11.7. The van der Waals surface area contributed by atoms with Gasteiger partial charge in [-0.05, 0) is 35.9 Å². The Balaban J connectivity index is 2.11. The van der Waals surface area contributed by atoms with E-state index in [9.17, 15) is 23.2 Å². The molecule has 0 radical (unpaired) electrons. The number of nitrogens with zero attached hydrogens (tertiary/aromatic N) is 2. The van der Waals surface area contributed by atoms with Crippen molar-refractivity contribution >= 4 is 44.3 Å². The van der Waals surface area contributed by atoms with E-state index in [1.807, 2.05) is 0 Å². The van der Waals surface area contributed by atoms with Gasteiger partial charge in [0.15, 0.2) is 11.5 Å². The normalized spacial score (nSPS) is 11.8. The summed E-state index contributed by atoms with van der Waals surface area (Å²) >= 11 is 0.843. The Morgan fingerprint density at radius 3 is 2.57 bits per heavy atom. The molecular formula is C19H16N2O7S2. The van der Waals surface area contributed by atoms with Crippen LogP contribution in [0, 0.1) is 6.92 Å². The molecule has 0 heterocycles. The van der Waals surface area contributed by atoms with E-state index >= 15 is 0 Å². The predicted molar refractivity (Wildman–Crippen MR) is 112 cm³/mol. The number of phenols is 2. The second kappa shape index (κ2) is 8.71. The third-order valence-electron chi connectivity index (χ3n) is 3.93. The van der Waals surface area contributed by atoms with Crippen molar-refractivity contribution in [3.63, 3.8) is 0 Å². The molecule has 0 saturated heterocycles. The van der Waals surface area contributed by atoms with Crippen LogP contribution < -0.4 is 4.89 Å². The Morgan fingerprint density at radius 1 is 1.10 bits per heavy atom. The van der Waals surface area contributed by atoms with Gasteiger partial charge >= 0.3 is 0 Å². The van der Waals surface area contributed by atoms with Crippen LogP contribution in [0.4, 0.5) is 11.4 Å². The van der Waals surface area contributed by atoms with Crippen molar-refractivity contribution in [3.8, 4) is 17.2 Å². The number of hydrogen-bond donors (Lipinski definition) is 3. The first-order valence-corrected chi connectivity index (χ1v) is 10.5. The lowest BCUT2D eigenvalue weighted by atomic mass is 10.1. The van der Waals surface area contributed by atoms with Crippen molar-refractivity contribution in [2.75, 3.05) is 0 Å². The van der Waals surface area contributed by atoms with Crippen LogP contribution >= 0.6 is 12.0 Å². The van der Waals surface area contributed by atoms with Crippen molar-refractivity contribution in [2.45, 2.75) is 11.8 Å². The Morgan fingerprint density at radius 2 is 1.87 bits per heavy atom. The highest BCUT2D eigenvalue weighted by atomic mass is 32.2. The summed E-state index contributed by atoms with van der Waals surface area (Å²) in [4.78, 5) is 4.28. The van der Waals surface area contributed by atoms with E-state index in [1.54, 1.807) is 25.1 Å². The van der Waals surface area contributed by atoms with Crippen molar-refractivity contribution in [1.29, 1.82) is 0 Å². The highest BCUT2D eigenvalue weighted by Gasteiger charge is 2.21. The number of hydrogen-bond acceptors (Lipinski definition) is 9. The molecule has 0 fully saturated rings. The molecule has 156 valence electrons. The van der Waals surface area contributed by atoms with Crippen molar-refractivity contribution in [2.24, 2.45) is 10.2 Å². The largest absolute Gasteiger partial charge is 0.506 e. The van der Waals surface area contributed by atoms with Gasteiger partial charge in [-0.15, -0.1) is 14.6 Å².